The highest BCUT2D eigenvalue weighted by Gasteiger charge is 2.40. The summed E-state index contributed by atoms with van der Waals surface area (Å²) < 4.78 is 18.2. The smallest absolute Gasteiger partial charge is 0.338 e. The minimum Gasteiger partial charge on any atom is -0.462 e. The zero-order chi connectivity index (χ0) is 26.7. The number of aromatic nitrogens is 2. The van der Waals surface area contributed by atoms with Crippen LogP contribution in [0, 0.1) is 5.41 Å². The quantitative estimate of drug-likeness (QED) is 0.578. The van der Waals surface area contributed by atoms with Crippen molar-refractivity contribution in [2.75, 3.05) is 52.7 Å². The number of nitrogens with one attached hydrogen (secondary N) is 1. The van der Waals surface area contributed by atoms with Gasteiger partial charge in [0.05, 0.1) is 53.6 Å². The first-order valence-electron chi connectivity index (χ1n) is 13.6. The molecule has 4 heterocycles. The molecule has 1 spiro atoms. The van der Waals surface area contributed by atoms with Gasteiger partial charge in [0.1, 0.15) is 0 Å². The van der Waals surface area contributed by atoms with Crippen LogP contribution < -0.4 is 5.32 Å². The van der Waals surface area contributed by atoms with Crippen molar-refractivity contribution in [3.05, 3.63) is 46.3 Å². The maximum absolute atomic E-state index is 13.7. The molecular formula is C28H36N4O6. The third kappa shape index (κ3) is 5.07. The number of carbonyl (C=O) groups is 3. The van der Waals surface area contributed by atoms with Crippen molar-refractivity contribution in [3.8, 4) is 5.69 Å². The van der Waals surface area contributed by atoms with Gasteiger partial charge >= 0.3 is 5.97 Å². The van der Waals surface area contributed by atoms with E-state index in [4.69, 9.17) is 19.3 Å². The van der Waals surface area contributed by atoms with Gasteiger partial charge in [0.15, 0.2) is 0 Å². The van der Waals surface area contributed by atoms with Crippen LogP contribution >= 0.6 is 0 Å². The number of hydrogen-bond donors (Lipinski definition) is 1. The number of benzene rings is 1. The molecule has 0 aliphatic carbocycles. The lowest BCUT2D eigenvalue weighted by Gasteiger charge is -2.36. The summed E-state index contributed by atoms with van der Waals surface area (Å²) in [5, 5.41) is 8.01. The number of fused-ring (bicyclic) bond motifs is 1. The highest BCUT2D eigenvalue weighted by molar-refractivity contribution is 6.01. The molecule has 3 aliphatic rings. The molecule has 1 aromatic carbocycles. The zero-order valence-corrected chi connectivity index (χ0v) is 22.2. The van der Waals surface area contributed by atoms with E-state index in [1.165, 1.54) is 0 Å². The van der Waals surface area contributed by atoms with E-state index in [0.29, 0.717) is 100 Å². The lowest BCUT2D eigenvalue weighted by Crippen LogP contribution is -2.41. The van der Waals surface area contributed by atoms with Gasteiger partial charge in [-0.2, -0.15) is 5.10 Å². The van der Waals surface area contributed by atoms with Crippen molar-refractivity contribution in [2.24, 2.45) is 5.41 Å². The molecule has 1 aromatic heterocycles. The average molecular weight is 525 g/mol. The van der Waals surface area contributed by atoms with Crippen LogP contribution in [0.15, 0.2) is 18.2 Å². The molecular weight excluding hydrogens is 488 g/mol. The van der Waals surface area contributed by atoms with Crippen LogP contribution in [0.25, 0.3) is 5.69 Å². The molecule has 1 N–H and O–H groups in total. The molecule has 2 amide bonds. The summed E-state index contributed by atoms with van der Waals surface area (Å²) in [6.45, 7) is 7.98. The minimum absolute atomic E-state index is 0.147. The summed E-state index contributed by atoms with van der Waals surface area (Å²) in [7, 11) is 0. The summed E-state index contributed by atoms with van der Waals surface area (Å²) in [5.74, 6) is -0.755. The van der Waals surface area contributed by atoms with Gasteiger partial charge in [-0.3, -0.25) is 9.59 Å². The van der Waals surface area contributed by atoms with E-state index in [0.717, 1.165) is 18.5 Å². The third-order valence-electron chi connectivity index (χ3n) is 7.76. The van der Waals surface area contributed by atoms with E-state index >= 15 is 0 Å². The molecule has 10 heteroatoms. The number of esters is 1. The van der Waals surface area contributed by atoms with Crippen LogP contribution in [0.4, 0.5) is 0 Å². The maximum Gasteiger partial charge on any atom is 0.338 e. The highest BCUT2D eigenvalue weighted by Crippen LogP contribution is 2.38. The zero-order valence-electron chi connectivity index (χ0n) is 22.2. The average Bonchev–Trinajstić information content (AvgIpc) is 3.26. The predicted molar refractivity (Wildman–Crippen MR) is 139 cm³/mol. The first-order valence-corrected chi connectivity index (χ1v) is 13.6. The topological polar surface area (TPSA) is 112 Å². The van der Waals surface area contributed by atoms with Crippen molar-refractivity contribution >= 4 is 17.8 Å². The summed E-state index contributed by atoms with van der Waals surface area (Å²) in [6, 6.07) is 4.99. The Labute approximate surface area is 222 Å². The molecule has 2 fully saturated rings. The van der Waals surface area contributed by atoms with Crippen LogP contribution in [0.5, 0.6) is 0 Å². The molecule has 3 aliphatic heterocycles. The third-order valence-corrected chi connectivity index (χ3v) is 7.76. The van der Waals surface area contributed by atoms with Gasteiger partial charge in [0, 0.05) is 32.8 Å². The molecule has 0 atom stereocenters. The van der Waals surface area contributed by atoms with Crippen LogP contribution in [-0.2, 0) is 27.1 Å². The molecule has 0 bridgehead atoms. The lowest BCUT2D eigenvalue weighted by molar-refractivity contribution is 0.0155. The van der Waals surface area contributed by atoms with Crippen molar-refractivity contribution in [2.45, 2.75) is 46.0 Å². The molecule has 204 valence electrons. The van der Waals surface area contributed by atoms with Crippen LogP contribution in [0.2, 0.25) is 0 Å². The Morgan fingerprint density at radius 2 is 1.84 bits per heavy atom. The van der Waals surface area contributed by atoms with E-state index in [1.54, 1.807) is 27.8 Å². The number of hydrogen-bond acceptors (Lipinski definition) is 7. The van der Waals surface area contributed by atoms with E-state index in [9.17, 15) is 14.4 Å². The van der Waals surface area contributed by atoms with Crippen molar-refractivity contribution in [3.63, 3.8) is 0 Å². The van der Waals surface area contributed by atoms with E-state index in [2.05, 4.69) is 5.32 Å². The maximum atomic E-state index is 13.7. The number of ether oxygens (including phenoxy) is 3. The Hall–Kier alpha value is -3.24. The second-order valence-corrected chi connectivity index (χ2v) is 10.3. The van der Waals surface area contributed by atoms with Crippen LogP contribution in [-0.4, -0.2) is 85.1 Å². The number of nitrogens with zero attached hydrogens (tertiary/aromatic N) is 3. The van der Waals surface area contributed by atoms with E-state index in [-0.39, 0.29) is 17.2 Å². The number of rotatable bonds is 6. The first-order chi connectivity index (χ1) is 18.5. The largest absolute Gasteiger partial charge is 0.462 e. The summed E-state index contributed by atoms with van der Waals surface area (Å²) in [5.41, 5.74) is 3.11. The molecule has 0 radical (unpaired) electrons. The van der Waals surface area contributed by atoms with Crippen LogP contribution in [0.3, 0.4) is 0 Å². The van der Waals surface area contributed by atoms with Crippen molar-refractivity contribution < 1.29 is 28.6 Å². The molecule has 5 rings (SSSR count). The second-order valence-electron chi connectivity index (χ2n) is 10.3. The van der Waals surface area contributed by atoms with Gasteiger partial charge in [-0.25, -0.2) is 9.48 Å². The molecule has 2 aromatic rings. The Morgan fingerprint density at radius 1 is 1.11 bits per heavy atom. The van der Waals surface area contributed by atoms with Crippen LogP contribution in [0.1, 0.15) is 75.6 Å². The summed E-state index contributed by atoms with van der Waals surface area (Å²) in [6.07, 6.45) is 3.53. The molecule has 0 unspecified atom stereocenters. The lowest BCUT2D eigenvalue weighted by atomic mass is 9.76. The van der Waals surface area contributed by atoms with Gasteiger partial charge in [0.2, 0.25) is 0 Å². The Kier molecular flexibility index (Phi) is 7.80. The molecule has 2 saturated heterocycles. The van der Waals surface area contributed by atoms with E-state index < -0.39 is 5.97 Å². The monoisotopic (exact) mass is 524 g/mol. The summed E-state index contributed by atoms with van der Waals surface area (Å²) in [4.78, 5) is 41.7. The summed E-state index contributed by atoms with van der Waals surface area (Å²) >= 11 is 0. The SMILES string of the molecule is CCCOC(=O)c1ccc(C(=O)N2CCOCC2)c(-n2nc(CC)c3c2CC2(CCOCC2)CNC3=O)c1. The Bertz CT molecular complexity index is 1210. The van der Waals surface area contributed by atoms with Crippen molar-refractivity contribution in [1.82, 2.24) is 20.0 Å². The fourth-order valence-corrected chi connectivity index (χ4v) is 5.54. The van der Waals surface area contributed by atoms with Crippen molar-refractivity contribution in [1.29, 1.82) is 0 Å². The van der Waals surface area contributed by atoms with Gasteiger partial charge < -0.3 is 24.4 Å². The fourth-order valence-electron chi connectivity index (χ4n) is 5.54. The predicted octanol–water partition coefficient (Wildman–Crippen LogP) is 2.56. The fraction of sp³-hybridized carbons (Fsp3) is 0.571. The number of carbonyl (C=O) groups excluding carboxylic acids is 3. The Morgan fingerprint density at radius 3 is 2.55 bits per heavy atom. The Balaban J connectivity index is 1.66. The highest BCUT2D eigenvalue weighted by atomic mass is 16.5. The van der Waals surface area contributed by atoms with Gasteiger partial charge in [0.25, 0.3) is 11.8 Å². The molecule has 0 saturated carbocycles. The number of amides is 2. The van der Waals surface area contributed by atoms with Gasteiger partial charge in [-0.1, -0.05) is 13.8 Å². The van der Waals surface area contributed by atoms with Gasteiger partial charge in [-0.15, -0.1) is 0 Å². The molecule has 10 nitrogen and oxygen atoms in total. The molecule has 38 heavy (non-hydrogen) atoms. The second kappa shape index (κ2) is 11.2. The minimum atomic E-state index is -0.453. The first kappa shape index (κ1) is 26.4. The standard InChI is InChI=1S/C28H36N4O6/c1-3-11-38-27(35)19-5-6-20(26(34)31-9-14-37-15-10-31)22(16-19)32-23-17-28(7-12-36-13-8-28)18-29-25(33)24(23)21(4-2)30-32/h5-6,16H,3-4,7-15,17-18H2,1-2H3,(H,29,33). The number of morpholine rings is 1. The normalized spacial score (nSPS) is 19.0. The van der Waals surface area contributed by atoms with Gasteiger partial charge in [-0.05, 0) is 55.7 Å². The van der Waals surface area contributed by atoms with E-state index in [1.807, 2.05) is 13.8 Å². The number of aryl methyl sites for hydroxylation is 1.